The third-order valence-corrected chi connectivity index (χ3v) is 3.19. The fourth-order valence-electron chi connectivity index (χ4n) is 1.86. The number of carbonyl (C=O) groups excluding carboxylic acids is 1. The van der Waals surface area contributed by atoms with Gasteiger partial charge in [0, 0.05) is 31.3 Å². The summed E-state index contributed by atoms with van der Waals surface area (Å²) in [6.45, 7) is 3.36. The van der Waals surface area contributed by atoms with Crippen LogP contribution in [0.3, 0.4) is 0 Å². The maximum absolute atomic E-state index is 10.9. The van der Waals surface area contributed by atoms with Gasteiger partial charge in [0.1, 0.15) is 11.5 Å². The lowest BCUT2D eigenvalue weighted by Crippen LogP contribution is -2.28. The second-order valence-corrected chi connectivity index (χ2v) is 5.40. The zero-order valence-electron chi connectivity index (χ0n) is 12.8. The number of hydrogen-bond acceptors (Lipinski definition) is 4. The lowest BCUT2D eigenvalue weighted by Gasteiger charge is -2.08. The molecule has 1 heterocycles. The van der Waals surface area contributed by atoms with Crippen molar-refractivity contribution in [2.45, 2.75) is 19.9 Å². The number of pyridine rings is 1. The second kappa shape index (κ2) is 7.65. The molecule has 6 heteroatoms. The van der Waals surface area contributed by atoms with E-state index in [1.54, 1.807) is 18.3 Å². The highest BCUT2D eigenvalue weighted by molar-refractivity contribution is 6.32. The van der Waals surface area contributed by atoms with E-state index in [1.165, 1.54) is 19.1 Å². The fourth-order valence-corrected chi connectivity index (χ4v) is 2.07. The molecule has 0 fully saturated rings. The lowest BCUT2D eigenvalue weighted by atomic mass is 10.2. The Morgan fingerprint density at radius 2 is 2.17 bits per heavy atom. The van der Waals surface area contributed by atoms with E-state index >= 15 is 0 Å². The van der Waals surface area contributed by atoms with Crippen LogP contribution in [-0.2, 0) is 4.79 Å². The Labute approximate surface area is 139 Å². The number of aromatic hydroxyl groups is 1. The summed E-state index contributed by atoms with van der Waals surface area (Å²) in [6, 6.07) is 7.96. The number of halogens is 1. The topological polar surface area (TPSA) is 71.5 Å². The van der Waals surface area contributed by atoms with E-state index in [0.29, 0.717) is 16.7 Å². The van der Waals surface area contributed by atoms with E-state index in [2.05, 4.69) is 10.3 Å². The van der Waals surface area contributed by atoms with Crippen molar-refractivity contribution in [3.8, 4) is 17.4 Å². The number of phenols is 1. The highest BCUT2D eigenvalue weighted by atomic mass is 35.5. The molecule has 0 saturated heterocycles. The Morgan fingerprint density at radius 1 is 1.39 bits per heavy atom. The Bertz CT molecular complexity index is 714. The maximum Gasteiger partial charge on any atom is 0.219 e. The number of rotatable bonds is 5. The minimum Gasteiger partial charge on any atom is -0.508 e. The van der Waals surface area contributed by atoms with Gasteiger partial charge in [-0.05, 0) is 30.7 Å². The molecule has 2 N–H and O–H groups in total. The zero-order chi connectivity index (χ0) is 16.8. The maximum atomic E-state index is 10.9. The van der Waals surface area contributed by atoms with Gasteiger partial charge < -0.3 is 15.2 Å². The van der Waals surface area contributed by atoms with E-state index in [1.807, 2.05) is 25.1 Å². The fraction of sp³-hybridized carbons (Fsp3) is 0.176. The van der Waals surface area contributed by atoms with Gasteiger partial charge in [-0.3, -0.25) is 4.79 Å². The number of ether oxygens (including phenoxy) is 1. The molecule has 120 valence electrons. The zero-order valence-corrected chi connectivity index (χ0v) is 13.5. The molecule has 2 rings (SSSR count). The molecule has 0 bridgehead atoms. The highest BCUT2D eigenvalue weighted by Gasteiger charge is 2.05. The number of benzene rings is 1. The normalized spacial score (nSPS) is 12.1. The van der Waals surface area contributed by atoms with Crippen LogP contribution < -0.4 is 10.1 Å². The first-order chi connectivity index (χ1) is 10.9. The summed E-state index contributed by atoms with van der Waals surface area (Å²) in [5.41, 5.74) is 0.881. The first-order valence-electron chi connectivity index (χ1n) is 7.02. The number of nitrogens with zero attached hydrogens (tertiary/aromatic N) is 1. The molecule has 23 heavy (non-hydrogen) atoms. The van der Waals surface area contributed by atoms with Crippen molar-refractivity contribution < 1.29 is 14.6 Å². The first kappa shape index (κ1) is 16.8. The van der Waals surface area contributed by atoms with Crippen LogP contribution in [0.15, 0.2) is 42.6 Å². The standard InChI is InChI=1S/C17H17ClN2O3/c1-11(20-12(2)21)3-4-13-5-8-17(19-10-13)23-16-7-6-14(22)9-15(16)18/h3-11,22H,1-2H3,(H,20,21)/b4-3+/t11-/m0/s1. The molecule has 0 aliphatic heterocycles. The largest absolute Gasteiger partial charge is 0.508 e. The SMILES string of the molecule is CC(=O)N[C@@H](C)/C=C/c1ccc(Oc2ccc(O)cc2Cl)nc1. The van der Waals surface area contributed by atoms with Crippen LogP contribution in [0.25, 0.3) is 6.08 Å². The van der Waals surface area contributed by atoms with Gasteiger partial charge in [-0.1, -0.05) is 23.8 Å². The van der Waals surface area contributed by atoms with E-state index in [0.717, 1.165) is 5.56 Å². The molecule has 1 aromatic heterocycles. The van der Waals surface area contributed by atoms with Crippen molar-refractivity contribution in [3.05, 3.63) is 53.2 Å². The average Bonchev–Trinajstić information content (AvgIpc) is 2.49. The molecular formula is C17H17ClN2O3. The van der Waals surface area contributed by atoms with Crippen LogP contribution in [0.2, 0.25) is 5.02 Å². The predicted octanol–water partition coefficient (Wildman–Crippen LogP) is 3.77. The number of carbonyl (C=O) groups is 1. The highest BCUT2D eigenvalue weighted by Crippen LogP contribution is 2.31. The van der Waals surface area contributed by atoms with Gasteiger partial charge in [-0.15, -0.1) is 0 Å². The number of phenolic OH excluding ortho intramolecular Hbond substituents is 1. The molecule has 0 aliphatic carbocycles. The van der Waals surface area contributed by atoms with E-state index in [4.69, 9.17) is 16.3 Å². The molecule has 1 amide bonds. The van der Waals surface area contributed by atoms with Crippen LogP contribution in [-0.4, -0.2) is 22.0 Å². The molecule has 2 aromatic rings. The van der Waals surface area contributed by atoms with Gasteiger partial charge in [0.25, 0.3) is 0 Å². The number of hydrogen-bond donors (Lipinski definition) is 2. The molecule has 0 saturated carbocycles. The summed E-state index contributed by atoms with van der Waals surface area (Å²) in [7, 11) is 0. The molecule has 1 atom stereocenters. The van der Waals surface area contributed by atoms with Crippen molar-refractivity contribution in [3.63, 3.8) is 0 Å². The van der Waals surface area contributed by atoms with E-state index in [9.17, 15) is 9.90 Å². The monoisotopic (exact) mass is 332 g/mol. The van der Waals surface area contributed by atoms with Gasteiger partial charge in [-0.2, -0.15) is 0 Å². The molecular weight excluding hydrogens is 316 g/mol. The number of nitrogens with one attached hydrogen (secondary N) is 1. The Kier molecular flexibility index (Phi) is 5.60. The summed E-state index contributed by atoms with van der Waals surface area (Å²) < 4.78 is 5.56. The molecule has 0 unspecified atom stereocenters. The van der Waals surface area contributed by atoms with Crippen molar-refractivity contribution in [2.75, 3.05) is 0 Å². The van der Waals surface area contributed by atoms with Crippen molar-refractivity contribution in [1.29, 1.82) is 0 Å². The van der Waals surface area contributed by atoms with Crippen molar-refractivity contribution in [2.24, 2.45) is 0 Å². The molecule has 0 spiro atoms. The van der Waals surface area contributed by atoms with Gasteiger partial charge in [0.15, 0.2) is 0 Å². The summed E-state index contributed by atoms with van der Waals surface area (Å²) in [6.07, 6.45) is 5.39. The van der Waals surface area contributed by atoms with Crippen LogP contribution in [0.4, 0.5) is 0 Å². The van der Waals surface area contributed by atoms with E-state index < -0.39 is 0 Å². The van der Waals surface area contributed by atoms with Crippen LogP contribution in [0, 0.1) is 0 Å². The quantitative estimate of drug-likeness (QED) is 0.874. The van der Waals surface area contributed by atoms with E-state index in [-0.39, 0.29) is 17.7 Å². The van der Waals surface area contributed by atoms with Gasteiger partial charge >= 0.3 is 0 Å². The van der Waals surface area contributed by atoms with Crippen LogP contribution in [0.1, 0.15) is 19.4 Å². The third-order valence-electron chi connectivity index (χ3n) is 2.90. The Balaban J connectivity index is 2.02. The third kappa shape index (κ3) is 5.30. The Morgan fingerprint density at radius 3 is 2.78 bits per heavy atom. The summed E-state index contributed by atoms with van der Waals surface area (Å²) in [5.74, 6) is 0.808. The summed E-state index contributed by atoms with van der Waals surface area (Å²) in [4.78, 5) is 15.1. The predicted molar refractivity (Wildman–Crippen MR) is 89.7 cm³/mol. The first-order valence-corrected chi connectivity index (χ1v) is 7.39. The van der Waals surface area contributed by atoms with Crippen molar-refractivity contribution in [1.82, 2.24) is 10.3 Å². The minimum absolute atomic E-state index is 0.0563. The van der Waals surface area contributed by atoms with Crippen LogP contribution >= 0.6 is 11.6 Å². The smallest absolute Gasteiger partial charge is 0.219 e. The molecule has 0 radical (unpaired) electrons. The van der Waals surface area contributed by atoms with Gasteiger partial charge in [-0.25, -0.2) is 4.98 Å². The summed E-state index contributed by atoms with van der Waals surface area (Å²) in [5, 5.41) is 12.4. The minimum atomic E-state index is -0.0743. The number of aromatic nitrogens is 1. The average molecular weight is 333 g/mol. The summed E-state index contributed by atoms with van der Waals surface area (Å²) >= 11 is 5.98. The molecule has 1 aromatic carbocycles. The van der Waals surface area contributed by atoms with Crippen LogP contribution in [0.5, 0.6) is 17.4 Å². The molecule has 5 nitrogen and oxygen atoms in total. The van der Waals surface area contributed by atoms with Gasteiger partial charge in [0.2, 0.25) is 11.8 Å². The number of amides is 1. The molecule has 0 aliphatic rings. The second-order valence-electron chi connectivity index (χ2n) is 4.99. The van der Waals surface area contributed by atoms with Gasteiger partial charge in [0.05, 0.1) is 5.02 Å². The Hall–Kier alpha value is -2.53. The lowest BCUT2D eigenvalue weighted by molar-refractivity contribution is -0.119. The van der Waals surface area contributed by atoms with Crippen molar-refractivity contribution >= 4 is 23.6 Å².